The Bertz CT molecular complexity index is 347. The monoisotopic (exact) mass is 231 g/mol. The van der Waals surface area contributed by atoms with Crippen molar-refractivity contribution in [3.05, 3.63) is 42.3 Å². The lowest BCUT2D eigenvalue weighted by Gasteiger charge is -2.28. The van der Waals surface area contributed by atoms with E-state index in [0.717, 1.165) is 5.92 Å². The van der Waals surface area contributed by atoms with Gasteiger partial charge in [0.15, 0.2) is 0 Å². The first-order valence-corrected chi connectivity index (χ1v) is 6.59. The highest BCUT2D eigenvalue weighted by Crippen LogP contribution is 2.32. The van der Waals surface area contributed by atoms with Crippen LogP contribution in [0.3, 0.4) is 0 Å². The molecule has 0 aliphatic heterocycles. The molecule has 0 spiro atoms. The number of rotatable bonds is 4. The smallest absolute Gasteiger partial charge is 0.0627 e. The minimum Gasteiger partial charge on any atom is -0.0627 e. The van der Waals surface area contributed by atoms with Gasteiger partial charge in [-0.1, -0.05) is 52.0 Å². The normalized spacial score (nSPS) is 13.1. The molecule has 0 unspecified atom stereocenters. The largest absolute Gasteiger partial charge is 0.125 e. The summed E-state index contributed by atoms with van der Waals surface area (Å²) in [5.41, 5.74) is 3.00. The van der Waals surface area contributed by atoms with Gasteiger partial charge in [-0.2, -0.15) is 0 Å². The van der Waals surface area contributed by atoms with Gasteiger partial charge < -0.3 is 0 Å². The summed E-state index contributed by atoms with van der Waals surface area (Å²) in [4.78, 5) is 0. The van der Waals surface area contributed by atoms with E-state index in [1.54, 1.807) is 0 Å². The van der Waals surface area contributed by atoms with E-state index in [4.69, 9.17) is 0 Å². The Morgan fingerprint density at radius 1 is 0.941 bits per heavy atom. The van der Waals surface area contributed by atoms with Crippen LogP contribution in [0.4, 0.5) is 0 Å². The zero-order chi connectivity index (χ0) is 13.3. The summed E-state index contributed by atoms with van der Waals surface area (Å²) < 4.78 is 0. The molecule has 0 N–H and O–H groups in total. The third-order valence-corrected chi connectivity index (χ3v) is 3.37. The maximum atomic E-state index is 4.18. The summed E-state index contributed by atoms with van der Waals surface area (Å²) in [6, 6.07) is 8.99. The summed E-state index contributed by atoms with van der Waals surface area (Å²) in [5.74, 6) is 0.731. The van der Waals surface area contributed by atoms with Crippen molar-refractivity contribution >= 4 is 0 Å². The Labute approximate surface area is 107 Å². The van der Waals surface area contributed by atoms with Crippen molar-refractivity contribution in [2.45, 2.75) is 58.8 Å². The van der Waals surface area contributed by atoms with Crippen LogP contribution < -0.4 is 0 Å². The number of hydrogen-bond donors (Lipinski definition) is 0. The van der Waals surface area contributed by atoms with E-state index in [2.05, 4.69) is 72.7 Å². The zero-order valence-corrected chi connectivity index (χ0v) is 12.3. The molecule has 0 amide bonds. The van der Waals surface area contributed by atoms with Gasteiger partial charge in [-0.25, -0.2) is 0 Å². The molecular formula is C17H27+. The Morgan fingerprint density at radius 3 is 1.71 bits per heavy atom. The first kappa shape index (κ1) is 14.2. The first-order chi connectivity index (χ1) is 7.63. The predicted octanol–water partition coefficient (Wildman–Crippen LogP) is 5.12. The van der Waals surface area contributed by atoms with Crippen LogP contribution in [0.1, 0.15) is 59.1 Å². The molecule has 0 aliphatic rings. The number of benzene rings is 1. The second kappa shape index (κ2) is 4.76. The molecule has 1 aromatic rings. The molecule has 0 heterocycles. The van der Waals surface area contributed by atoms with E-state index in [9.17, 15) is 0 Å². The molecule has 1 rings (SSSR count). The van der Waals surface area contributed by atoms with Gasteiger partial charge in [0, 0.05) is 5.56 Å². The third kappa shape index (κ3) is 3.80. The molecule has 0 saturated carbocycles. The second-order valence-corrected chi connectivity index (χ2v) is 6.94. The van der Waals surface area contributed by atoms with E-state index in [1.807, 2.05) is 0 Å². The minimum absolute atomic E-state index is 0.000715. The fourth-order valence-electron chi connectivity index (χ4n) is 2.51. The van der Waals surface area contributed by atoms with Crippen LogP contribution in [0, 0.1) is 12.8 Å². The highest BCUT2D eigenvalue weighted by atomic mass is 14.3. The van der Waals surface area contributed by atoms with Crippen molar-refractivity contribution in [3.63, 3.8) is 0 Å². The Balaban J connectivity index is 2.94. The van der Waals surface area contributed by atoms with Crippen LogP contribution in [0.25, 0.3) is 0 Å². The summed E-state index contributed by atoms with van der Waals surface area (Å²) in [5, 5.41) is 0. The third-order valence-electron chi connectivity index (χ3n) is 3.37. The topological polar surface area (TPSA) is 0 Å². The van der Waals surface area contributed by atoms with Crippen LogP contribution in [-0.4, -0.2) is 0 Å². The maximum absolute atomic E-state index is 4.18. The maximum Gasteiger partial charge on any atom is 0.125 e. The van der Waals surface area contributed by atoms with E-state index >= 15 is 0 Å². The van der Waals surface area contributed by atoms with Gasteiger partial charge in [0.25, 0.3) is 0 Å². The standard InChI is InChI=1S/C17H27/c1-13(2)12-17(6,7)15-10-8-14(9-11-15)16(3,4)5/h8-11,13H,3,12H2,1-2,4-7H3/q+1. The minimum atomic E-state index is 0.000715. The average molecular weight is 231 g/mol. The van der Waals surface area contributed by atoms with E-state index in [0.29, 0.717) is 0 Å². The van der Waals surface area contributed by atoms with E-state index in [1.165, 1.54) is 17.5 Å². The average Bonchev–Trinajstić information content (AvgIpc) is 2.14. The fraction of sp³-hybridized carbons (Fsp3) is 0.588. The highest BCUT2D eigenvalue weighted by molar-refractivity contribution is 5.32. The molecule has 0 heteroatoms. The van der Waals surface area contributed by atoms with E-state index < -0.39 is 0 Å². The molecule has 0 saturated heterocycles. The summed E-state index contributed by atoms with van der Waals surface area (Å²) in [6.07, 6.45) is 1.22. The highest BCUT2D eigenvalue weighted by Gasteiger charge is 2.24. The van der Waals surface area contributed by atoms with Crippen LogP contribution in [0.2, 0.25) is 0 Å². The van der Waals surface area contributed by atoms with Gasteiger partial charge in [0.1, 0.15) is 5.41 Å². The van der Waals surface area contributed by atoms with Crippen LogP contribution in [-0.2, 0) is 10.8 Å². The lowest BCUT2D eigenvalue weighted by Crippen LogP contribution is -2.20. The van der Waals surface area contributed by atoms with Crippen molar-refractivity contribution in [1.82, 2.24) is 0 Å². The molecular weight excluding hydrogens is 204 g/mol. The Hall–Kier alpha value is -0.910. The van der Waals surface area contributed by atoms with Crippen LogP contribution >= 0.6 is 0 Å². The molecule has 0 bridgehead atoms. The summed E-state index contributed by atoms with van der Waals surface area (Å²) >= 11 is 0. The van der Waals surface area contributed by atoms with E-state index in [-0.39, 0.29) is 10.8 Å². The SMILES string of the molecule is [CH2+]C(C)(C)c1ccc(C(C)(C)CC(C)C)cc1. The van der Waals surface area contributed by atoms with Gasteiger partial charge in [-0.05, 0) is 37.2 Å². The molecule has 0 fully saturated rings. The molecule has 17 heavy (non-hydrogen) atoms. The number of hydrogen-bond acceptors (Lipinski definition) is 0. The van der Waals surface area contributed by atoms with Crippen LogP contribution in [0.15, 0.2) is 24.3 Å². The van der Waals surface area contributed by atoms with Crippen molar-refractivity contribution in [2.24, 2.45) is 5.92 Å². The van der Waals surface area contributed by atoms with Gasteiger partial charge in [-0.15, -0.1) is 0 Å². The predicted molar refractivity (Wildman–Crippen MR) is 77.3 cm³/mol. The van der Waals surface area contributed by atoms with Crippen molar-refractivity contribution in [2.75, 3.05) is 0 Å². The lowest BCUT2D eigenvalue weighted by molar-refractivity contribution is 0.399. The molecule has 0 radical (unpaired) electrons. The molecule has 0 nitrogen and oxygen atoms in total. The lowest BCUT2D eigenvalue weighted by atomic mass is 9.76. The zero-order valence-electron chi connectivity index (χ0n) is 12.3. The van der Waals surface area contributed by atoms with Crippen LogP contribution in [0.5, 0.6) is 0 Å². The first-order valence-electron chi connectivity index (χ1n) is 6.59. The van der Waals surface area contributed by atoms with Gasteiger partial charge in [-0.3, -0.25) is 0 Å². The van der Waals surface area contributed by atoms with Crippen molar-refractivity contribution in [3.8, 4) is 0 Å². The second-order valence-electron chi connectivity index (χ2n) is 6.94. The molecule has 0 atom stereocenters. The van der Waals surface area contributed by atoms with Crippen molar-refractivity contribution < 1.29 is 0 Å². The Morgan fingerprint density at radius 2 is 1.35 bits per heavy atom. The quantitative estimate of drug-likeness (QED) is 0.631. The fourth-order valence-corrected chi connectivity index (χ4v) is 2.51. The molecule has 94 valence electrons. The molecule has 0 aliphatic carbocycles. The Kier molecular flexibility index (Phi) is 3.96. The molecule has 0 aromatic heterocycles. The summed E-state index contributed by atoms with van der Waals surface area (Å²) in [7, 11) is 0. The van der Waals surface area contributed by atoms with Gasteiger partial charge in [0.05, 0.1) is 6.92 Å². The van der Waals surface area contributed by atoms with Gasteiger partial charge in [0.2, 0.25) is 0 Å². The van der Waals surface area contributed by atoms with Crippen molar-refractivity contribution in [1.29, 1.82) is 0 Å². The molecule has 1 aromatic carbocycles. The summed E-state index contributed by atoms with van der Waals surface area (Å²) in [6.45, 7) is 17.7. The van der Waals surface area contributed by atoms with Gasteiger partial charge >= 0.3 is 0 Å².